The number of carboxylic acids is 1. The number of rotatable bonds is 5. The highest BCUT2D eigenvalue weighted by Crippen LogP contribution is 2.44. The van der Waals surface area contributed by atoms with Crippen molar-refractivity contribution in [2.45, 2.75) is 56.5 Å². The summed E-state index contributed by atoms with van der Waals surface area (Å²) in [6, 6.07) is 15.6. The number of hydrogen-bond acceptors (Lipinski definition) is 4. The Balaban J connectivity index is 1.18. The molecule has 0 unspecified atom stereocenters. The van der Waals surface area contributed by atoms with Crippen molar-refractivity contribution in [3.63, 3.8) is 0 Å². The molecule has 1 saturated carbocycles. The molecule has 0 spiro atoms. The molecule has 1 aliphatic heterocycles. The van der Waals surface area contributed by atoms with E-state index < -0.39 is 18.1 Å². The first-order valence-corrected chi connectivity index (χ1v) is 12.2. The van der Waals surface area contributed by atoms with E-state index in [9.17, 15) is 19.5 Å². The second kappa shape index (κ2) is 9.49. The van der Waals surface area contributed by atoms with E-state index in [1.165, 1.54) is 27.2 Å². The number of ether oxygens (including phenoxy) is 1. The normalized spacial score (nSPS) is 23.8. The van der Waals surface area contributed by atoms with Gasteiger partial charge in [0.15, 0.2) is 0 Å². The highest BCUT2D eigenvalue weighted by molar-refractivity contribution is 5.86. The Morgan fingerprint density at radius 3 is 2.29 bits per heavy atom. The number of aliphatic carboxylic acids is 1. The fourth-order valence-electron chi connectivity index (χ4n) is 5.87. The minimum absolute atomic E-state index is 0.00181. The van der Waals surface area contributed by atoms with Gasteiger partial charge >= 0.3 is 12.1 Å². The Morgan fingerprint density at radius 2 is 1.62 bits per heavy atom. The molecule has 2 fully saturated rings. The summed E-state index contributed by atoms with van der Waals surface area (Å²) < 4.78 is 5.66. The molecule has 1 heterocycles. The highest BCUT2D eigenvalue weighted by atomic mass is 16.5. The summed E-state index contributed by atoms with van der Waals surface area (Å²) in [5.74, 6) is -1.28. The van der Waals surface area contributed by atoms with Gasteiger partial charge in [-0.2, -0.15) is 0 Å². The Bertz CT molecular complexity index is 1050. The smallest absolute Gasteiger partial charge is 0.407 e. The molecule has 0 radical (unpaired) electrons. The molecule has 3 aliphatic rings. The third-order valence-electron chi connectivity index (χ3n) is 7.51. The summed E-state index contributed by atoms with van der Waals surface area (Å²) in [6.45, 7) is 0.750. The Morgan fingerprint density at radius 1 is 0.941 bits per heavy atom. The van der Waals surface area contributed by atoms with E-state index in [-0.39, 0.29) is 30.4 Å². The molecule has 2 amide bonds. The Hall–Kier alpha value is -3.35. The van der Waals surface area contributed by atoms with E-state index in [4.69, 9.17) is 4.74 Å². The average molecular weight is 463 g/mol. The molecule has 3 atom stereocenters. The molecule has 7 nitrogen and oxygen atoms in total. The van der Waals surface area contributed by atoms with Crippen molar-refractivity contribution in [1.29, 1.82) is 0 Å². The lowest BCUT2D eigenvalue weighted by atomic mass is 9.84. The minimum atomic E-state index is -0.935. The molecule has 2 aromatic carbocycles. The number of nitrogens with zero attached hydrogens (tertiary/aromatic N) is 1. The fourth-order valence-corrected chi connectivity index (χ4v) is 5.87. The lowest BCUT2D eigenvalue weighted by Gasteiger charge is -2.32. The van der Waals surface area contributed by atoms with Gasteiger partial charge in [-0.25, -0.2) is 9.59 Å². The molecular formula is C27H30N2O5. The standard InChI is InChI=1S/C27H30N2O5/c30-25(29-14-6-13-24(29)26(31)32)17-7-5-8-18(15-17)28-27(33)34-16-23-21-11-3-1-9-19(21)20-10-2-4-12-22(20)23/h1-4,9-12,17-18,23-24H,5-8,13-16H2,(H,28,33)(H,31,32)/t17-,18-,24+/m1/s1. The summed E-state index contributed by atoms with van der Waals surface area (Å²) >= 11 is 0. The number of alkyl carbamates (subject to hydrolysis) is 1. The van der Waals surface area contributed by atoms with Crippen LogP contribution >= 0.6 is 0 Å². The number of carbonyl (C=O) groups is 3. The van der Waals surface area contributed by atoms with Gasteiger partial charge in [0.1, 0.15) is 12.6 Å². The summed E-state index contributed by atoms with van der Waals surface area (Å²) in [7, 11) is 0. The molecular weight excluding hydrogens is 432 g/mol. The van der Waals surface area contributed by atoms with Crippen LogP contribution in [-0.4, -0.2) is 53.2 Å². The van der Waals surface area contributed by atoms with Gasteiger partial charge in [-0.15, -0.1) is 0 Å². The first-order valence-electron chi connectivity index (χ1n) is 12.2. The van der Waals surface area contributed by atoms with E-state index in [0.29, 0.717) is 19.4 Å². The maximum Gasteiger partial charge on any atom is 0.407 e. The van der Waals surface area contributed by atoms with E-state index in [2.05, 4.69) is 29.6 Å². The molecule has 34 heavy (non-hydrogen) atoms. The topological polar surface area (TPSA) is 95.9 Å². The number of carbonyl (C=O) groups excluding carboxylic acids is 2. The lowest BCUT2D eigenvalue weighted by Crippen LogP contribution is -2.47. The average Bonchev–Trinajstić information content (AvgIpc) is 3.46. The summed E-state index contributed by atoms with van der Waals surface area (Å²) in [5.41, 5.74) is 4.70. The first-order chi connectivity index (χ1) is 16.5. The summed E-state index contributed by atoms with van der Waals surface area (Å²) in [5, 5.41) is 12.4. The maximum atomic E-state index is 13.0. The maximum absolute atomic E-state index is 13.0. The van der Waals surface area contributed by atoms with Crippen LogP contribution in [0, 0.1) is 5.92 Å². The van der Waals surface area contributed by atoms with Crippen LogP contribution < -0.4 is 5.32 Å². The minimum Gasteiger partial charge on any atom is -0.480 e. The van der Waals surface area contributed by atoms with E-state index in [0.717, 1.165) is 25.7 Å². The van der Waals surface area contributed by atoms with Gasteiger partial charge in [0, 0.05) is 24.4 Å². The van der Waals surface area contributed by atoms with Crippen LogP contribution in [-0.2, 0) is 14.3 Å². The van der Waals surface area contributed by atoms with Gasteiger partial charge in [-0.3, -0.25) is 4.79 Å². The van der Waals surface area contributed by atoms with Gasteiger partial charge in [-0.05, 0) is 54.4 Å². The zero-order valence-corrected chi connectivity index (χ0v) is 19.1. The second-order valence-corrected chi connectivity index (χ2v) is 9.56. The predicted octanol–water partition coefficient (Wildman–Crippen LogP) is 4.16. The molecule has 5 rings (SSSR count). The Kier molecular flexibility index (Phi) is 6.26. The molecule has 7 heteroatoms. The number of amides is 2. The summed E-state index contributed by atoms with van der Waals surface area (Å²) in [6.07, 6.45) is 3.61. The van der Waals surface area contributed by atoms with Crippen molar-refractivity contribution >= 4 is 18.0 Å². The molecule has 1 saturated heterocycles. The van der Waals surface area contributed by atoms with Crippen molar-refractivity contribution in [2.75, 3.05) is 13.2 Å². The van der Waals surface area contributed by atoms with Crippen molar-refractivity contribution in [3.8, 4) is 11.1 Å². The van der Waals surface area contributed by atoms with Gasteiger partial charge < -0.3 is 20.1 Å². The third kappa shape index (κ3) is 4.27. The monoisotopic (exact) mass is 462 g/mol. The number of carboxylic acid groups (broad SMARTS) is 1. The van der Waals surface area contributed by atoms with Gasteiger partial charge in [-0.1, -0.05) is 55.0 Å². The van der Waals surface area contributed by atoms with Gasteiger partial charge in [0.25, 0.3) is 0 Å². The quantitative estimate of drug-likeness (QED) is 0.696. The third-order valence-corrected chi connectivity index (χ3v) is 7.51. The number of fused-ring (bicyclic) bond motifs is 3. The van der Waals surface area contributed by atoms with Crippen molar-refractivity contribution < 1.29 is 24.2 Å². The van der Waals surface area contributed by atoms with Crippen molar-refractivity contribution in [3.05, 3.63) is 59.7 Å². The van der Waals surface area contributed by atoms with E-state index in [1.54, 1.807) is 0 Å². The van der Waals surface area contributed by atoms with E-state index >= 15 is 0 Å². The van der Waals surface area contributed by atoms with E-state index in [1.807, 2.05) is 24.3 Å². The van der Waals surface area contributed by atoms with Crippen LogP contribution in [0.15, 0.2) is 48.5 Å². The largest absolute Gasteiger partial charge is 0.480 e. The van der Waals surface area contributed by atoms with Crippen LogP contribution in [0.5, 0.6) is 0 Å². The van der Waals surface area contributed by atoms with Crippen LogP contribution in [0.4, 0.5) is 4.79 Å². The molecule has 2 aromatic rings. The summed E-state index contributed by atoms with van der Waals surface area (Å²) in [4.78, 5) is 38.7. The number of likely N-dealkylation sites (tertiary alicyclic amines) is 1. The molecule has 2 aliphatic carbocycles. The van der Waals surface area contributed by atoms with Gasteiger partial charge in [0.2, 0.25) is 5.91 Å². The highest BCUT2D eigenvalue weighted by Gasteiger charge is 2.39. The molecule has 0 bridgehead atoms. The van der Waals surface area contributed by atoms with Crippen LogP contribution in [0.25, 0.3) is 11.1 Å². The molecule has 0 aromatic heterocycles. The van der Waals surface area contributed by atoms with Crippen LogP contribution in [0.3, 0.4) is 0 Å². The zero-order valence-electron chi connectivity index (χ0n) is 19.1. The molecule has 178 valence electrons. The fraction of sp³-hybridized carbons (Fsp3) is 0.444. The van der Waals surface area contributed by atoms with Gasteiger partial charge in [0.05, 0.1) is 0 Å². The van der Waals surface area contributed by atoms with Crippen molar-refractivity contribution in [2.24, 2.45) is 5.92 Å². The predicted molar refractivity (Wildman–Crippen MR) is 126 cm³/mol. The van der Waals surface area contributed by atoms with Crippen molar-refractivity contribution in [1.82, 2.24) is 10.2 Å². The second-order valence-electron chi connectivity index (χ2n) is 9.56. The number of benzene rings is 2. The number of hydrogen-bond donors (Lipinski definition) is 2. The molecule has 2 N–H and O–H groups in total. The Labute approximate surface area is 199 Å². The van der Waals surface area contributed by atoms with Crippen LogP contribution in [0.2, 0.25) is 0 Å². The SMILES string of the molecule is O=C(N[C@@H]1CCC[C@@H](C(=O)N2CCC[C@H]2C(=O)O)C1)OCC1c2ccccc2-c2ccccc21. The number of nitrogens with one attached hydrogen (secondary N) is 1. The zero-order chi connectivity index (χ0) is 23.7. The first kappa shape index (κ1) is 22.4. The lowest BCUT2D eigenvalue weighted by molar-refractivity contribution is -0.150. The van der Waals surface area contributed by atoms with Crippen LogP contribution in [0.1, 0.15) is 55.6 Å².